The number of methoxy groups -OCH3 is 1. The lowest BCUT2D eigenvalue weighted by atomic mass is 10.0. The second-order valence-electron chi connectivity index (χ2n) is 4.93. The minimum Gasteiger partial charge on any atom is -0.497 e. The van der Waals surface area contributed by atoms with Crippen LogP contribution in [0.1, 0.15) is 31.1 Å². The molecule has 0 saturated carbocycles. The van der Waals surface area contributed by atoms with Crippen molar-refractivity contribution in [2.45, 2.75) is 20.0 Å². The first-order valence-electron chi connectivity index (χ1n) is 7.09. The summed E-state index contributed by atoms with van der Waals surface area (Å²) >= 11 is 0. The van der Waals surface area contributed by atoms with E-state index in [0.29, 0.717) is 5.75 Å². The fourth-order valence-electron chi connectivity index (χ4n) is 2.15. The van der Waals surface area contributed by atoms with Crippen molar-refractivity contribution in [3.05, 3.63) is 59.7 Å². The number of hydrogen-bond donors (Lipinski definition) is 0. The zero-order valence-electron chi connectivity index (χ0n) is 13.2. The van der Waals surface area contributed by atoms with Gasteiger partial charge in [0.15, 0.2) is 6.10 Å². The van der Waals surface area contributed by atoms with Crippen LogP contribution in [-0.4, -0.2) is 19.0 Å². The Morgan fingerprint density at radius 1 is 0.783 bits per heavy atom. The van der Waals surface area contributed by atoms with Crippen molar-refractivity contribution in [1.29, 1.82) is 0 Å². The maximum Gasteiger partial charge on any atom is 0.308 e. The Morgan fingerprint density at radius 2 is 1.26 bits per heavy atom. The van der Waals surface area contributed by atoms with Gasteiger partial charge in [-0.15, -0.1) is 0 Å². The van der Waals surface area contributed by atoms with Gasteiger partial charge in [0.1, 0.15) is 11.5 Å². The van der Waals surface area contributed by atoms with Gasteiger partial charge in [-0.05, 0) is 35.4 Å². The summed E-state index contributed by atoms with van der Waals surface area (Å²) < 4.78 is 15.6. The first-order chi connectivity index (χ1) is 11.0. The van der Waals surface area contributed by atoms with Gasteiger partial charge in [0.25, 0.3) is 0 Å². The fraction of sp³-hybridized carbons (Fsp3) is 0.222. The van der Waals surface area contributed by atoms with E-state index in [1.807, 2.05) is 12.1 Å². The summed E-state index contributed by atoms with van der Waals surface area (Å²) in [6, 6.07) is 14.1. The van der Waals surface area contributed by atoms with Crippen molar-refractivity contribution in [1.82, 2.24) is 0 Å². The van der Waals surface area contributed by atoms with Crippen LogP contribution in [0, 0.1) is 0 Å². The number of benzene rings is 2. The van der Waals surface area contributed by atoms with E-state index in [-0.39, 0.29) is 11.9 Å². The molecule has 0 bridgehead atoms. The third-order valence-corrected chi connectivity index (χ3v) is 3.15. The van der Waals surface area contributed by atoms with Crippen molar-refractivity contribution in [3.63, 3.8) is 0 Å². The van der Waals surface area contributed by atoms with Crippen LogP contribution < -0.4 is 9.47 Å². The number of rotatable bonds is 5. The van der Waals surface area contributed by atoms with Crippen molar-refractivity contribution < 1.29 is 23.8 Å². The van der Waals surface area contributed by atoms with Crippen LogP contribution in [0.5, 0.6) is 11.5 Å². The van der Waals surface area contributed by atoms with Gasteiger partial charge in [0, 0.05) is 13.8 Å². The van der Waals surface area contributed by atoms with Gasteiger partial charge >= 0.3 is 11.9 Å². The minimum absolute atomic E-state index is 0.380. The van der Waals surface area contributed by atoms with E-state index in [2.05, 4.69) is 0 Å². The van der Waals surface area contributed by atoms with Crippen molar-refractivity contribution in [3.8, 4) is 11.5 Å². The highest BCUT2D eigenvalue weighted by Crippen LogP contribution is 2.29. The van der Waals surface area contributed by atoms with E-state index in [9.17, 15) is 9.59 Å². The molecule has 5 nitrogen and oxygen atoms in total. The summed E-state index contributed by atoms with van der Waals surface area (Å²) in [6.45, 7) is 2.71. The molecule has 0 aliphatic rings. The number of hydrogen-bond acceptors (Lipinski definition) is 5. The first-order valence-corrected chi connectivity index (χ1v) is 7.09. The molecule has 1 atom stereocenters. The molecule has 0 aromatic heterocycles. The van der Waals surface area contributed by atoms with Gasteiger partial charge in [-0.1, -0.05) is 24.3 Å². The molecule has 0 amide bonds. The smallest absolute Gasteiger partial charge is 0.308 e. The summed E-state index contributed by atoms with van der Waals surface area (Å²) in [6.07, 6.45) is -0.537. The summed E-state index contributed by atoms with van der Waals surface area (Å²) in [5, 5.41) is 0. The zero-order chi connectivity index (χ0) is 16.8. The minimum atomic E-state index is -0.537. The molecule has 0 heterocycles. The number of carbonyl (C=O) groups is 2. The van der Waals surface area contributed by atoms with Crippen LogP contribution >= 0.6 is 0 Å². The molecule has 2 aromatic rings. The topological polar surface area (TPSA) is 61.8 Å². The third kappa shape index (κ3) is 4.57. The van der Waals surface area contributed by atoms with Gasteiger partial charge < -0.3 is 14.2 Å². The average Bonchev–Trinajstić information content (AvgIpc) is 2.53. The Morgan fingerprint density at radius 3 is 1.65 bits per heavy atom. The van der Waals surface area contributed by atoms with Gasteiger partial charge in [-0.3, -0.25) is 9.59 Å². The number of carbonyl (C=O) groups excluding carboxylic acids is 2. The first kappa shape index (κ1) is 16.5. The monoisotopic (exact) mass is 314 g/mol. The molecule has 120 valence electrons. The lowest BCUT2D eigenvalue weighted by Gasteiger charge is -2.18. The second-order valence-corrected chi connectivity index (χ2v) is 4.93. The molecule has 0 fully saturated rings. The Balaban J connectivity index is 2.29. The summed E-state index contributed by atoms with van der Waals surface area (Å²) in [4.78, 5) is 22.4. The predicted molar refractivity (Wildman–Crippen MR) is 84.4 cm³/mol. The maximum absolute atomic E-state index is 11.4. The van der Waals surface area contributed by atoms with Crippen LogP contribution in [-0.2, 0) is 14.3 Å². The van der Waals surface area contributed by atoms with E-state index in [4.69, 9.17) is 14.2 Å². The molecule has 0 radical (unpaired) electrons. The molecule has 0 saturated heterocycles. The summed E-state index contributed by atoms with van der Waals surface area (Å²) in [5.74, 6) is 0.400. The normalized spacial score (nSPS) is 11.4. The lowest BCUT2D eigenvalue weighted by molar-refractivity contribution is -0.144. The molecule has 0 N–H and O–H groups in total. The van der Waals surface area contributed by atoms with E-state index in [1.54, 1.807) is 43.5 Å². The van der Waals surface area contributed by atoms with Gasteiger partial charge in [-0.2, -0.15) is 0 Å². The number of esters is 2. The highest BCUT2D eigenvalue weighted by molar-refractivity contribution is 5.69. The average molecular weight is 314 g/mol. The standard InChI is InChI=1S/C18H18O5/c1-12(19)22-17-10-6-15(7-11-17)18(23-13(2)20)14-4-8-16(21-3)9-5-14/h4-11,18H,1-3H3. The van der Waals surface area contributed by atoms with Crippen LogP contribution in [0.15, 0.2) is 48.5 Å². The SMILES string of the molecule is COc1ccc(C(OC(C)=O)c2ccc(OC(C)=O)cc2)cc1. The van der Waals surface area contributed by atoms with Crippen LogP contribution in [0.4, 0.5) is 0 Å². The van der Waals surface area contributed by atoms with Gasteiger partial charge in [0.2, 0.25) is 0 Å². The molecule has 2 rings (SSSR count). The quantitative estimate of drug-likeness (QED) is 0.626. The molecule has 23 heavy (non-hydrogen) atoms. The van der Waals surface area contributed by atoms with E-state index >= 15 is 0 Å². The Bertz CT molecular complexity index is 674. The van der Waals surface area contributed by atoms with Gasteiger partial charge in [0.05, 0.1) is 7.11 Å². The number of ether oxygens (including phenoxy) is 3. The van der Waals surface area contributed by atoms with Crippen LogP contribution in [0.3, 0.4) is 0 Å². The largest absolute Gasteiger partial charge is 0.497 e. The molecule has 2 aromatic carbocycles. The molecular weight excluding hydrogens is 296 g/mol. The van der Waals surface area contributed by atoms with E-state index in [0.717, 1.165) is 16.9 Å². The molecular formula is C18H18O5. The zero-order valence-corrected chi connectivity index (χ0v) is 13.2. The fourth-order valence-corrected chi connectivity index (χ4v) is 2.15. The summed E-state index contributed by atoms with van der Waals surface area (Å²) in [5.41, 5.74) is 1.60. The van der Waals surface area contributed by atoms with Gasteiger partial charge in [-0.25, -0.2) is 0 Å². The molecule has 0 aliphatic heterocycles. The second kappa shape index (κ2) is 7.45. The predicted octanol–water partition coefficient (Wildman–Crippen LogP) is 3.27. The highest BCUT2D eigenvalue weighted by Gasteiger charge is 2.17. The van der Waals surface area contributed by atoms with Crippen molar-refractivity contribution in [2.75, 3.05) is 7.11 Å². The van der Waals surface area contributed by atoms with Crippen molar-refractivity contribution >= 4 is 11.9 Å². The molecule has 0 spiro atoms. The summed E-state index contributed by atoms with van der Waals surface area (Å²) in [7, 11) is 1.59. The van der Waals surface area contributed by atoms with Crippen LogP contribution in [0.25, 0.3) is 0 Å². The Labute approximate surface area is 134 Å². The molecule has 5 heteroatoms. The maximum atomic E-state index is 11.4. The van der Waals surface area contributed by atoms with Crippen LogP contribution in [0.2, 0.25) is 0 Å². The Kier molecular flexibility index (Phi) is 5.36. The van der Waals surface area contributed by atoms with Crippen molar-refractivity contribution in [2.24, 2.45) is 0 Å². The molecule has 1 unspecified atom stereocenters. The van der Waals surface area contributed by atoms with E-state index < -0.39 is 6.10 Å². The highest BCUT2D eigenvalue weighted by atomic mass is 16.5. The molecule has 0 aliphatic carbocycles. The van der Waals surface area contributed by atoms with E-state index in [1.165, 1.54) is 13.8 Å². The Hall–Kier alpha value is -2.82. The third-order valence-electron chi connectivity index (χ3n) is 3.15. The lowest BCUT2D eigenvalue weighted by Crippen LogP contribution is -2.10.